The van der Waals surface area contributed by atoms with E-state index in [0.717, 1.165) is 6.54 Å². The molecule has 0 aromatic rings. The summed E-state index contributed by atoms with van der Waals surface area (Å²) in [6, 6.07) is 0. The summed E-state index contributed by atoms with van der Waals surface area (Å²) < 4.78 is 0. The van der Waals surface area contributed by atoms with Crippen LogP contribution in [0.4, 0.5) is 0 Å². The molecule has 0 saturated heterocycles. The van der Waals surface area contributed by atoms with Gasteiger partial charge in [0.2, 0.25) is 0 Å². The van der Waals surface area contributed by atoms with E-state index in [2.05, 4.69) is 50.5 Å². The van der Waals surface area contributed by atoms with E-state index >= 15 is 0 Å². The van der Waals surface area contributed by atoms with Crippen LogP contribution in [-0.4, -0.2) is 6.54 Å². The summed E-state index contributed by atoms with van der Waals surface area (Å²) in [6.07, 6.45) is 11.5. The summed E-state index contributed by atoms with van der Waals surface area (Å²) in [5.74, 6) is 0.693. The lowest BCUT2D eigenvalue weighted by atomic mass is 9.91. The van der Waals surface area contributed by atoms with Gasteiger partial charge in [-0.15, -0.1) is 0 Å². The number of allylic oxidation sites excluding steroid dienone is 2. The minimum absolute atomic E-state index is 0.283. The summed E-state index contributed by atoms with van der Waals surface area (Å²) in [4.78, 5) is 0. The fraction of sp³-hybridized carbons (Fsp3) is 0.667. The maximum Gasteiger partial charge on any atom is 0.0227 e. The average Bonchev–Trinajstić information content (AvgIpc) is 2.06. The summed E-state index contributed by atoms with van der Waals surface area (Å²) in [5, 5.41) is 3.34. The van der Waals surface area contributed by atoms with Gasteiger partial charge in [-0.25, -0.2) is 0 Å². The van der Waals surface area contributed by atoms with E-state index < -0.39 is 0 Å². The molecule has 1 aliphatic heterocycles. The lowest BCUT2D eigenvalue weighted by Gasteiger charge is -2.21. The largest absolute Gasteiger partial charge is 0.390 e. The van der Waals surface area contributed by atoms with Crippen molar-refractivity contribution < 1.29 is 0 Å². The molecule has 1 N–H and O–H groups in total. The van der Waals surface area contributed by atoms with Crippen LogP contribution >= 0.6 is 0 Å². The molecule has 0 aromatic carbocycles. The number of nitrogens with one attached hydrogen (secondary N) is 1. The molecule has 1 aliphatic rings. The van der Waals surface area contributed by atoms with Gasteiger partial charge >= 0.3 is 0 Å². The second-order valence-electron chi connectivity index (χ2n) is 4.69. The standard InChI is InChI=1S/C12H21N/c1-11-6-4-5-8-12(2,3)10-13-9-7-11/h5,7-9,11,13H,4,6,10H2,1-3H3/b8-5+,9-7+. The molecule has 13 heavy (non-hydrogen) atoms. The highest BCUT2D eigenvalue weighted by Gasteiger charge is 2.12. The highest BCUT2D eigenvalue weighted by Crippen LogP contribution is 2.18. The molecule has 1 nitrogen and oxygen atoms in total. The zero-order valence-corrected chi connectivity index (χ0v) is 9.01. The molecule has 1 atom stereocenters. The van der Waals surface area contributed by atoms with Crippen molar-refractivity contribution in [3.05, 3.63) is 24.4 Å². The summed E-state index contributed by atoms with van der Waals surface area (Å²) in [6.45, 7) is 7.80. The molecule has 0 bridgehead atoms. The number of hydrogen-bond acceptors (Lipinski definition) is 1. The molecule has 0 saturated carbocycles. The van der Waals surface area contributed by atoms with Crippen molar-refractivity contribution in [2.75, 3.05) is 6.54 Å². The van der Waals surface area contributed by atoms with E-state index in [1.54, 1.807) is 0 Å². The highest BCUT2D eigenvalue weighted by molar-refractivity contribution is 4.99. The van der Waals surface area contributed by atoms with Crippen molar-refractivity contribution >= 4 is 0 Å². The van der Waals surface area contributed by atoms with Crippen molar-refractivity contribution in [3.63, 3.8) is 0 Å². The van der Waals surface area contributed by atoms with E-state index in [1.165, 1.54) is 12.8 Å². The van der Waals surface area contributed by atoms with Gasteiger partial charge in [-0.1, -0.05) is 39.0 Å². The molecule has 0 amide bonds. The van der Waals surface area contributed by atoms with Gasteiger partial charge in [-0.3, -0.25) is 0 Å². The zero-order valence-electron chi connectivity index (χ0n) is 9.01. The number of hydrogen-bond donors (Lipinski definition) is 1. The van der Waals surface area contributed by atoms with Gasteiger partial charge in [-0.05, 0) is 30.4 Å². The maximum atomic E-state index is 3.34. The maximum absolute atomic E-state index is 3.34. The van der Waals surface area contributed by atoms with Crippen LogP contribution < -0.4 is 5.32 Å². The quantitative estimate of drug-likeness (QED) is 0.563. The fourth-order valence-corrected chi connectivity index (χ4v) is 1.47. The Labute approximate surface area is 81.9 Å². The third kappa shape index (κ3) is 4.16. The SMILES string of the molecule is CC1/C=C/NCC(C)(C)/C=C/CC1. The Morgan fingerprint density at radius 3 is 2.92 bits per heavy atom. The average molecular weight is 179 g/mol. The molecule has 74 valence electrons. The molecule has 1 heteroatoms. The normalized spacial score (nSPS) is 33.0. The van der Waals surface area contributed by atoms with Crippen molar-refractivity contribution in [2.45, 2.75) is 33.6 Å². The molecule has 0 radical (unpaired) electrons. The smallest absolute Gasteiger partial charge is 0.0227 e. The van der Waals surface area contributed by atoms with Gasteiger partial charge in [0.1, 0.15) is 0 Å². The van der Waals surface area contributed by atoms with E-state index in [-0.39, 0.29) is 5.41 Å². The monoisotopic (exact) mass is 179 g/mol. The second-order valence-corrected chi connectivity index (χ2v) is 4.69. The lowest BCUT2D eigenvalue weighted by molar-refractivity contribution is 0.457. The molecule has 0 aromatic heterocycles. The summed E-state index contributed by atoms with van der Waals surface area (Å²) >= 11 is 0. The Morgan fingerprint density at radius 1 is 1.38 bits per heavy atom. The molecule has 1 unspecified atom stereocenters. The van der Waals surface area contributed by atoms with Gasteiger partial charge in [-0.2, -0.15) is 0 Å². The first-order valence-electron chi connectivity index (χ1n) is 5.18. The van der Waals surface area contributed by atoms with Crippen LogP contribution in [0.15, 0.2) is 24.4 Å². The van der Waals surface area contributed by atoms with Crippen LogP contribution in [0.25, 0.3) is 0 Å². The molecule has 0 aliphatic carbocycles. The Hall–Kier alpha value is -0.720. The molecule has 1 rings (SSSR count). The Morgan fingerprint density at radius 2 is 2.15 bits per heavy atom. The van der Waals surface area contributed by atoms with Crippen molar-refractivity contribution in [1.29, 1.82) is 0 Å². The van der Waals surface area contributed by atoms with Crippen molar-refractivity contribution in [1.82, 2.24) is 5.32 Å². The summed E-state index contributed by atoms with van der Waals surface area (Å²) in [5.41, 5.74) is 0.283. The van der Waals surface area contributed by atoms with E-state index in [1.807, 2.05) is 0 Å². The molecular weight excluding hydrogens is 158 g/mol. The van der Waals surface area contributed by atoms with E-state index in [4.69, 9.17) is 0 Å². The highest BCUT2D eigenvalue weighted by atomic mass is 14.8. The molecule has 0 spiro atoms. The minimum Gasteiger partial charge on any atom is -0.390 e. The van der Waals surface area contributed by atoms with Crippen LogP contribution in [-0.2, 0) is 0 Å². The first-order chi connectivity index (χ1) is 6.10. The van der Waals surface area contributed by atoms with Crippen LogP contribution in [0.1, 0.15) is 33.6 Å². The van der Waals surface area contributed by atoms with Crippen LogP contribution in [0.3, 0.4) is 0 Å². The third-order valence-electron chi connectivity index (χ3n) is 2.46. The molecule has 1 heterocycles. The van der Waals surface area contributed by atoms with Crippen LogP contribution in [0.5, 0.6) is 0 Å². The topological polar surface area (TPSA) is 12.0 Å². The first kappa shape index (κ1) is 10.4. The Kier molecular flexibility index (Phi) is 3.58. The van der Waals surface area contributed by atoms with Crippen molar-refractivity contribution in [3.8, 4) is 0 Å². The number of rotatable bonds is 0. The minimum atomic E-state index is 0.283. The van der Waals surface area contributed by atoms with Gasteiger partial charge in [0.15, 0.2) is 0 Å². The molecule has 0 fully saturated rings. The molecular formula is C12H21N. The lowest BCUT2D eigenvalue weighted by Crippen LogP contribution is -2.24. The van der Waals surface area contributed by atoms with Gasteiger partial charge in [0.05, 0.1) is 0 Å². The van der Waals surface area contributed by atoms with E-state index in [0.29, 0.717) is 5.92 Å². The summed E-state index contributed by atoms with van der Waals surface area (Å²) in [7, 11) is 0. The predicted molar refractivity (Wildman–Crippen MR) is 58.5 cm³/mol. The van der Waals surface area contributed by atoms with Crippen molar-refractivity contribution in [2.24, 2.45) is 11.3 Å². The van der Waals surface area contributed by atoms with Crippen LogP contribution in [0, 0.1) is 11.3 Å². The Balaban J connectivity index is 2.55. The van der Waals surface area contributed by atoms with Gasteiger partial charge < -0.3 is 5.32 Å². The first-order valence-corrected chi connectivity index (χ1v) is 5.18. The zero-order chi connectivity index (χ0) is 9.73. The Bertz CT molecular complexity index is 201. The van der Waals surface area contributed by atoms with Gasteiger partial charge in [0, 0.05) is 6.54 Å². The fourth-order valence-electron chi connectivity index (χ4n) is 1.47. The van der Waals surface area contributed by atoms with Crippen LogP contribution in [0.2, 0.25) is 0 Å². The predicted octanol–water partition coefficient (Wildman–Crippen LogP) is 3.10. The second kappa shape index (κ2) is 4.50. The third-order valence-corrected chi connectivity index (χ3v) is 2.46. The van der Waals surface area contributed by atoms with E-state index in [9.17, 15) is 0 Å². The van der Waals surface area contributed by atoms with Gasteiger partial charge in [0.25, 0.3) is 0 Å².